The van der Waals surface area contributed by atoms with Gasteiger partial charge in [0.2, 0.25) is 5.92 Å². The van der Waals surface area contributed by atoms with Crippen LogP contribution in [0.4, 0.5) is 22.0 Å². The Morgan fingerprint density at radius 3 is 2.58 bits per heavy atom. The monoisotopic (exact) mass is 375 g/mol. The maximum absolute atomic E-state index is 13.4. The van der Waals surface area contributed by atoms with Gasteiger partial charge < -0.3 is 0 Å². The van der Waals surface area contributed by atoms with E-state index < -0.39 is 29.3 Å². The van der Waals surface area contributed by atoms with Gasteiger partial charge in [0.1, 0.15) is 5.82 Å². The molecular weight excluding hydrogens is 357 g/mol. The highest BCUT2D eigenvalue weighted by atomic mass is 19.4. The van der Waals surface area contributed by atoms with Crippen molar-refractivity contribution in [3.8, 4) is 0 Å². The second-order valence-electron chi connectivity index (χ2n) is 6.73. The molecule has 1 aromatic heterocycles. The molecule has 3 rings (SSSR count). The maximum atomic E-state index is 13.4. The number of aryl methyl sites for hydroxylation is 1. The fourth-order valence-corrected chi connectivity index (χ4v) is 3.45. The Morgan fingerprint density at radius 1 is 1.27 bits per heavy atom. The molecule has 1 atom stereocenters. The van der Waals surface area contributed by atoms with Crippen molar-refractivity contribution in [3.05, 3.63) is 51.7 Å². The van der Waals surface area contributed by atoms with Gasteiger partial charge in [-0.05, 0) is 24.0 Å². The average Bonchev–Trinajstić information content (AvgIpc) is 3.01. The molecule has 0 radical (unpaired) electrons. The summed E-state index contributed by atoms with van der Waals surface area (Å²) in [5, 5.41) is 4.02. The van der Waals surface area contributed by atoms with Crippen molar-refractivity contribution in [2.24, 2.45) is 13.0 Å². The molecule has 0 saturated heterocycles. The van der Waals surface area contributed by atoms with Crippen molar-refractivity contribution in [2.75, 3.05) is 0 Å². The van der Waals surface area contributed by atoms with E-state index in [4.69, 9.17) is 0 Å². The van der Waals surface area contributed by atoms with Crippen LogP contribution in [0, 0.1) is 5.92 Å². The lowest BCUT2D eigenvalue weighted by molar-refractivity contribution is -0.138. The van der Waals surface area contributed by atoms with E-state index in [0.29, 0.717) is 0 Å². The second kappa shape index (κ2) is 6.51. The van der Waals surface area contributed by atoms with Crippen LogP contribution < -0.4 is 5.69 Å². The first kappa shape index (κ1) is 18.6. The topological polar surface area (TPSA) is 39.8 Å². The molecule has 1 fully saturated rings. The van der Waals surface area contributed by atoms with Gasteiger partial charge in [-0.1, -0.05) is 18.2 Å². The Hall–Kier alpha value is -2.19. The van der Waals surface area contributed by atoms with E-state index in [0.717, 1.165) is 10.7 Å². The zero-order chi connectivity index (χ0) is 19.1. The van der Waals surface area contributed by atoms with Crippen LogP contribution in [0.25, 0.3) is 0 Å². The van der Waals surface area contributed by atoms with Crippen LogP contribution >= 0.6 is 0 Å². The van der Waals surface area contributed by atoms with E-state index in [1.165, 1.54) is 29.8 Å². The number of benzene rings is 1. The Labute approximate surface area is 146 Å². The van der Waals surface area contributed by atoms with E-state index in [-0.39, 0.29) is 43.6 Å². The highest BCUT2D eigenvalue weighted by molar-refractivity contribution is 5.31. The summed E-state index contributed by atoms with van der Waals surface area (Å²) in [6.45, 7) is 0.0335. The Morgan fingerprint density at radius 2 is 1.96 bits per heavy atom. The normalized spacial score (nSPS) is 19.8. The predicted octanol–water partition coefficient (Wildman–Crippen LogP) is 3.63. The molecular formula is C17H18F5N3O. The van der Waals surface area contributed by atoms with Crippen LogP contribution in [0.15, 0.2) is 29.1 Å². The lowest BCUT2D eigenvalue weighted by atomic mass is 10.0. The molecule has 1 aliphatic carbocycles. The summed E-state index contributed by atoms with van der Waals surface area (Å²) >= 11 is 0. The minimum atomic E-state index is -4.52. The van der Waals surface area contributed by atoms with Gasteiger partial charge in [0, 0.05) is 32.9 Å². The fraction of sp³-hybridized carbons (Fsp3) is 0.529. The number of hydrogen-bond acceptors (Lipinski definition) is 2. The Bertz CT molecular complexity index is 853. The summed E-state index contributed by atoms with van der Waals surface area (Å²) in [5.41, 5.74) is -1.32. The summed E-state index contributed by atoms with van der Waals surface area (Å²) in [5.74, 6) is -3.01. The van der Waals surface area contributed by atoms with Gasteiger partial charge in [-0.3, -0.25) is 4.57 Å². The molecule has 142 valence electrons. The van der Waals surface area contributed by atoms with Crippen molar-refractivity contribution >= 4 is 0 Å². The quantitative estimate of drug-likeness (QED) is 0.766. The first-order valence-corrected chi connectivity index (χ1v) is 8.22. The standard InChI is InChI=1S/C17H18F5N3O/c1-24-15(26)25(10-11-6-7-16(18,19)9-11)14(23-24)8-12-4-2-3-5-13(12)17(20,21)22/h2-5,11H,6-10H2,1H3. The van der Waals surface area contributed by atoms with Gasteiger partial charge in [0.15, 0.2) is 0 Å². The number of halogens is 5. The van der Waals surface area contributed by atoms with E-state index in [1.54, 1.807) is 0 Å². The van der Waals surface area contributed by atoms with Crippen molar-refractivity contribution in [1.82, 2.24) is 14.3 Å². The zero-order valence-corrected chi connectivity index (χ0v) is 14.1. The summed E-state index contributed by atoms with van der Waals surface area (Å²) in [4.78, 5) is 12.3. The average molecular weight is 375 g/mol. The number of alkyl halides is 5. The number of aromatic nitrogens is 3. The molecule has 1 heterocycles. The zero-order valence-electron chi connectivity index (χ0n) is 14.1. The minimum Gasteiger partial charge on any atom is -0.278 e. The second-order valence-corrected chi connectivity index (χ2v) is 6.73. The molecule has 2 aromatic rings. The maximum Gasteiger partial charge on any atom is 0.416 e. The molecule has 0 amide bonds. The predicted molar refractivity (Wildman–Crippen MR) is 84.0 cm³/mol. The molecule has 1 aromatic carbocycles. The van der Waals surface area contributed by atoms with Crippen molar-refractivity contribution in [3.63, 3.8) is 0 Å². The fourth-order valence-electron chi connectivity index (χ4n) is 3.45. The lowest BCUT2D eigenvalue weighted by Gasteiger charge is -2.14. The summed E-state index contributed by atoms with van der Waals surface area (Å²) in [6, 6.07) is 5.07. The van der Waals surface area contributed by atoms with Crippen LogP contribution in [0.2, 0.25) is 0 Å². The first-order chi connectivity index (χ1) is 12.1. The molecule has 0 spiro atoms. The lowest BCUT2D eigenvalue weighted by Crippen LogP contribution is -2.27. The van der Waals surface area contributed by atoms with E-state index in [9.17, 15) is 26.7 Å². The minimum absolute atomic E-state index is 0.0106. The van der Waals surface area contributed by atoms with Crippen LogP contribution in [-0.2, 0) is 26.2 Å². The van der Waals surface area contributed by atoms with Crippen molar-refractivity contribution in [2.45, 2.75) is 44.3 Å². The van der Waals surface area contributed by atoms with Gasteiger partial charge in [0.05, 0.1) is 5.56 Å². The van der Waals surface area contributed by atoms with Crippen LogP contribution in [0.3, 0.4) is 0 Å². The van der Waals surface area contributed by atoms with E-state index in [2.05, 4.69) is 5.10 Å². The molecule has 1 saturated carbocycles. The van der Waals surface area contributed by atoms with Crippen molar-refractivity contribution < 1.29 is 22.0 Å². The summed E-state index contributed by atoms with van der Waals surface area (Å²) in [6.07, 6.45) is -5.02. The highest BCUT2D eigenvalue weighted by Gasteiger charge is 2.40. The number of rotatable bonds is 4. The third-order valence-electron chi connectivity index (χ3n) is 4.70. The van der Waals surface area contributed by atoms with E-state index in [1.807, 2.05) is 0 Å². The van der Waals surface area contributed by atoms with Gasteiger partial charge in [0.25, 0.3) is 0 Å². The molecule has 1 unspecified atom stereocenters. The van der Waals surface area contributed by atoms with Crippen LogP contribution in [0.5, 0.6) is 0 Å². The highest BCUT2D eigenvalue weighted by Crippen LogP contribution is 2.39. The van der Waals surface area contributed by atoms with Crippen LogP contribution in [-0.4, -0.2) is 20.3 Å². The van der Waals surface area contributed by atoms with Gasteiger partial charge in [-0.15, -0.1) is 0 Å². The van der Waals surface area contributed by atoms with Gasteiger partial charge >= 0.3 is 11.9 Å². The van der Waals surface area contributed by atoms with Crippen LogP contribution in [0.1, 0.15) is 36.2 Å². The van der Waals surface area contributed by atoms with E-state index >= 15 is 0 Å². The Kier molecular flexibility index (Phi) is 4.66. The number of nitrogens with zero attached hydrogens (tertiary/aromatic N) is 3. The molecule has 0 bridgehead atoms. The molecule has 0 N–H and O–H groups in total. The van der Waals surface area contributed by atoms with Crippen molar-refractivity contribution in [1.29, 1.82) is 0 Å². The summed E-state index contributed by atoms with van der Waals surface area (Å²) in [7, 11) is 1.39. The van der Waals surface area contributed by atoms with Gasteiger partial charge in [-0.25, -0.2) is 18.3 Å². The smallest absolute Gasteiger partial charge is 0.278 e. The molecule has 9 heteroatoms. The molecule has 26 heavy (non-hydrogen) atoms. The SMILES string of the molecule is Cn1nc(Cc2ccccc2C(F)(F)F)n(CC2CCC(F)(F)C2)c1=O. The number of hydrogen-bond donors (Lipinski definition) is 0. The third kappa shape index (κ3) is 3.81. The largest absolute Gasteiger partial charge is 0.416 e. The van der Waals surface area contributed by atoms with Gasteiger partial charge in [-0.2, -0.15) is 18.3 Å². The summed E-state index contributed by atoms with van der Waals surface area (Å²) < 4.78 is 68.6. The first-order valence-electron chi connectivity index (χ1n) is 8.22. The molecule has 4 nitrogen and oxygen atoms in total. The molecule has 0 aliphatic heterocycles. The Balaban J connectivity index is 1.91. The third-order valence-corrected chi connectivity index (χ3v) is 4.70. The molecule has 1 aliphatic rings.